The Morgan fingerprint density at radius 1 is 1.32 bits per heavy atom. The molecule has 2 aromatic heterocycles. The molecule has 0 saturated heterocycles. The number of nitrogens with one attached hydrogen (secondary N) is 1. The second-order valence-corrected chi connectivity index (χ2v) is 8.28. The Balaban J connectivity index is 1.84. The first-order chi connectivity index (χ1) is 11.9. The number of carbonyl (C=O) groups excluding carboxylic acids is 2. The minimum absolute atomic E-state index is 0.124. The standard InChI is InChI=1S/C17H20IN3O3S/c1-9-15(18)10(2)21(20-9)8-13(22)19-16-14(17(23)24-3)11-6-4-5-7-12(11)25-16/h4-8H2,1-3H3,(H,19,22). The van der Waals surface area contributed by atoms with Gasteiger partial charge in [0.05, 0.1) is 21.9 Å². The first kappa shape index (κ1) is 18.4. The third kappa shape index (κ3) is 3.59. The van der Waals surface area contributed by atoms with Crippen LogP contribution < -0.4 is 5.32 Å². The third-order valence-corrected chi connectivity index (χ3v) is 7.17. The van der Waals surface area contributed by atoms with E-state index >= 15 is 0 Å². The van der Waals surface area contributed by atoms with Gasteiger partial charge in [0.2, 0.25) is 5.91 Å². The second kappa shape index (κ2) is 7.45. The number of carbonyl (C=O) groups is 2. The van der Waals surface area contributed by atoms with E-state index in [1.807, 2.05) is 13.8 Å². The molecule has 0 bridgehead atoms. The number of esters is 1. The molecule has 2 heterocycles. The molecule has 1 aliphatic rings. The van der Waals surface area contributed by atoms with Crippen LogP contribution in [0.5, 0.6) is 0 Å². The van der Waals surface area contributed by atoms with E-state index in [0.29, 0.717) is 10.6 Å². The zero-order valence-electron chi connectivity index (χ0n) is 14.4. The Morgan fingerprint density at radius 2 is 2.04 bits per heavy atom. The number of aromatic nitrogens is 2. The third-order valence-electron chi connectivity index (χ3n) is 4.40. The molecule has 3 rings (SSSR count). The average molecular weight is 473 g/mol. The molecule has 0 radical (unpaired) electrons. The van der Waals surface area contributed by atoms with Crippen LogP contribution in [0.15, 0.2) is 0 Å². The van der Waals surface area contributed by atoms with E-state index in [1.54, 1.807) is 4.68 Å². The van der Waals surface area contributed by atoms with Crippen LogP contribution in [0, 0.1) is 17.4 Å². The molecule has 0 aromatic carbocycles. The highest BCUT2D eigenvalue weighted by Crippen LogP contribution is 2.38. The van der Waals surface area contributed by atoms with Gasteiger partial charge in [0.15, 0.2) is 0 Å². The van der Waals surface area contributed by atoms with Crippen molar-refractivity contribution in [1.82, 2.24) is 9.78 Å². The highest BCUT2D eigenvalue weighted by molar-refractivity contribution is 14.1. The van der Waals surface area contributed by atoms with E-state index < -0.39 is 0 Å². The molecule has 0 fully saturated rings. The predicted molar refractivity (Wildman–Crippen MR) is 105 cm³/mol. The summed E-state index contributed by atoms with van der Waals surface area (Å²) in [6.07, 6.45) is 3.99. The molecule has 0 atom stereocenters. The number of rotatable bonds is 4. The van der Waals surface area contributed by atoms with Gasteiger partial charge in [-0.25, -0.2) is 4.79 Å². The largest absolute Gasteiger partial charge is 0.465 e. The summed E-state index contributed by atoms with van der Waals surface area (Å²) < 4.78 is 7.69. The number of amides is 1. The van der Waals surface area contributed by atoms with Crippen molar-refractivity contribution in [3.8, 4) is 0 Å². The number of anilines is 1. The molecule has 1 amide bonds. The summed E-state index contributed by atoms with van der Waals surface area (Å²) in [6.45, 7) is 3.99. The number of halogens is 1. The lowest BCUT2D eigenvalue weighted by molar-refractivity contribution is -0.116. The number of fused-ring (bicyclic) bond motifs is 1. The molecular formula is C17H20IN3O3S. The molecule has 25 heavy (non-hydrogen) atoms. The number of thiophene rings is 1. The fraction of sp³-hybridized carbons (Fsp3) is 0.471. The molecule has 134 valence electrons. The minimum Gasteiger partial charge on any atom is -0.465 e. The SMILES string of the molecule is COC(=O)c1c(NC(=O)Cn2nc(C)c(I)c2C)sc2c1CCCC2. The number of methoxy groups -OCH3 is 1. The molecule has 6 nitrogen and oxygen atoms in total. The lowest BCUT2D eigenvalue weighted by Gasteiger charge is -2.11. The summed E-state index contributed by atoms with van der Waals surface area (Å²) in [7, 11) is 1.37. The van der Waals surface area contributed by atoms with Gasteiger partial charge in [0.25, 0.3) is 0 Å². The molecule has 1 N–H and O–H groups in total. The van der Waals surface area contributed by atoms with E-state index in [-0.39, 0.29) is 18.4 Å². The maximum atomic E-state index is 12.5. The average Bonchev–Trinajstić information content (AvgIpc) is 3.06. The van der Waals surface area contributed by atoms with Crippen LogP contribution in [0.1, 0.15) is 45.0 Å². The Morgan fingerprint density at radius 3 is 2.68 bits per heavy atom. The summed E-state index contributed by atoms with van der Waals surface area (Å²) >= 11 is 3.72. The van der Waals surface area contributed by atoms with Crippen LogP contribution in [0.25, 0.3) is 0 Å². The van der Waals surface area contributed by atoms with E-state index in [0.717, 1.165) is 46.2 Å². The summed E-state index contributed by atoms with van der Waals surface area (Å²) in [4.78, 5) is 25.9. The van der Waals surface area contributed by atoms with Gasteiger partial charge >= 0.3 is 5.97 Å². The van der Waals surface area contributed by atoms with Crippen molar-refractivity contribution in [2.75, 3.05) is 12.4 Å². The Hall–Kier alpha value is -1.42. The molecule has 1 aliphatic carbocycles. The molecule has 0 spiro atoms. The molecule has 0 saturated carbocycles. The van der Waals surface area contributed by atoms with E-state index in [4.69, 9.17) is 4.74 Å². The summed E-state index contributed by atoms with van der Waals surface area (Å²) in [5, 5.41) is 7.89. The van der Waals surface area contributed by atoms with E-state index in [1.165, 1.54) is 23.3 Å². The minimum atomic E-state index is -0.379. The van der Waals surface area contributed by atoms with Crippen LogP contribution in [-0.2, 0) is 28.9 Å². The monoisotopic (exact) mass is 473 g/mol. The van der Waals surface area contributed by atoms with Gasteiger partial charge in [0, 0.05) is 10.6 Å². The van der Waals surface area contributed by atoms with Gasteiger partial charge < -0.3 is 10.1 Å². The van der Waals surface area contributed by atoms with Crippen molar-refractivity contribution >= 4 is 50.8 Å². The zero-order chi connectivity index (χ0) is 18.1. The number of hydrogen-bond donors (Lipinski definition) is 1. The molecular weight excluding hydrogens is 453 g/mol. The summed E-state index contributed by atoms with van der Waals surface area (Å²) in [5.41, 5.74) is 3.44. The van der Waals surface area contributed by atoms with Crippen molar-refractivity contribution in [3.63, 3.8) is 0 Å². The van der Waals surface area contributed by atoms with Crippen molar-refractivity contribution in [3.05, 3.63) is 31.0 Å². The van der Waals surface area contributed by atoms with Crippen LogP contribution in [0.2, 0.25) is 0 Å². The number of hydrogen-bond acceptors (Lipinski definition) is 5. The van der Waals surface area contributed by atoms with E-state index in [9.17, 15) is 9.59 Å². The predicted octanol–water partition coefficient (Wildman–Crippen LogP) is 3.47. The van der Waals surface area contributed by atoms with Gasteiger partial charge in [-0.3, -0.25) is 9.48 Å². The lowest BCUT2D eigenvalue weighted by Crippen LogP contribution is -2.21. The lowest BCUT2D eigenvalue weighted by atomic mass is 9.95. The highest BCUT2D eigenvalue weighted by atomic mass is 127. The number of nitrogens with zero attached hydrogens (tertiary/aromatic N) is 2. The fourth-order valence-electron chi connectivity index (χ4n) is 3.10. The second-order valence-electron chi connectivity index (χ2n) is 6.10. The van der Waals surface area contributed by atoms with Crippen molar-refractivity contribution in [2.24, 2.45) is 0 Å². The Bertz CT molecular complexity index is 841. The van der Waals surface area contributed by atoms with Gasteiger partial charge in [-0.05, 0) is 67.7 Å². The fourth-order valence-corrected chi connectivity index (χ4v) is 4.78. The molecule has 0 unspecified atom stereocenters. The van der Waals surface area contributed by atoms with Crippen molar-refractivity contribution < 1.29 is 14.3 Å². The normalized spacial score (nSPS) is 13.4. The van der Waals surface area contributed by atoms with Gasteiger partial charge in [-0.2, -0.15) is 5.10 Å². The van der Waals surface area contributed by atoms with Gasteiger partial charge in [-0.15, -0.1) is 11.3 Å². The van der Waals surface area contributed by atoms with Gasteiger partial charge in [-0.1, -0.05) is 0 Å². The van der Waals surface area contributed by atoms with Crippen molar-refractivity contribution in [1.29, 1.82) is 0 Å². The summed E-state index contributed by atoms with van der Waals surface area (Å²) in [5.74, 6) is -0.568. The van der Waals surface area contributed by atoms with Crippen LogP contribution >= 0.6 is 33.9 Å². The molecule has 0 aliphatic heterocycles. The number of ether oxygens (including phenoxy) is 1. The summed E-state index contributed by atoms with van der Waals surface area (Å²) in [6, 6.07) is 0. The first-order valence-corrected chi connectivity index (χ1v) is 10.0. The molecule has 2 aromatic rings. The van der Waals surface area contributed by atoms with Crippen LogP contribution in [-0.4, -0.2) is 28.8 Å². The molecule has 8 heteroatoms. The van der Waals surface area contributed by atoms with E-state index in [2.05, 4.69) is 33.0 Å². The van der Waals surface area contributed by atoms with Gasteiger partial charge in [0.1, 0.15) is 11.5 Å². The maximum absolute atomic E-state index is 12.5. The Labute approximate surface area is 164 Å². The topological polar surface area (TPSA) is 73.2 Å². The van der Waals surface area contributed by atoms with Crippen molar-refractivity contribution in [2.45, 2.75) is 46.1 Å². The van der Waals surface area contributed by atoms with Crippen LogP contribution in [0.4, 0.5) is 5.00 Å². The smallest absolute Gasteiger partial charge is 0.341 e. The Kier molecular flexibility index (Phi) is 5.47. The quantitative estimate of drug-likeness (QED) is 0.546. The number of aryl methyl sites for hydroxylation is 2. The first-order valence-electron chi connectivity index (χ1n) is 8.14. The zero-order valence-corrected chi connectivity index (χ0v) is 17.4. The van der Waals surface area contributed by atoms with Crippen LogP contribution in [0.3, 0.4) is 0 Å². The maximum Gasteiger partial charge on any atom is 0.341 e. The highest BCUT2D eigenvalue weighted by Gasteiger charge is 2.27.